The molecule has 1 aliphatic heterocycles. The van der Waals surface area contributed by atoms with Crippen LogP contribution in [-0.2, 0) is 0 Å². The molecule has 26 heavy (non-hydrogen) atoms. The van der Waals surface area contributed by atoms with Gasteiger partial charge in [0.15, 0.2) is 5.41 Å². The summed E-state index contributed by atoms with van der Waals surface area (Å²) < 4.78 is 5.21. The summed E-state index contributed by atoms with van der Waals surface area (Å²) >= 11 is 0. The molecule has 0 bridgehead atoms. The van der Waals surface area contributed by atoms with E-state index in [2.05, 4.69) is 23.1 Å². The Labute approximate surface area is 153 Å². The van der Waals surface area contributed by atoms with E-state index in [1.165, 1.54) is 0 Å². The lowest BCUT2D eigenvalue weighted by Gasteiger charge is -2.47. The van der Waals surface area contributed by atoms with Gasteiger partial charge in [-0.05, 0) is 30.3 Å². The van der Waals surface area contributed by atoms with E-state index >= 15 is 0 Å². The third-order valence-corrected chi connectivity index (χ3v) is 5.45. The van der Waals surface area contributed by atoms with Crippen LogP contribution in [0.5, 0.6) is 5.75 Å². The summed E-state index contributed by atoms with van der Waals surface area (Å²) in [4.78, 5) is 2.10. The van der Waals surface area contributed by atoms with Gasteiger partial charge in [0.1, 0.15) is 11.7 Å². The number of hydrogen-bond acceptors (Lipinski definition) is 6. The number of likely N-dealkylation sites (N-methyl/N-ethyl adjacent to an activating group) is 1. The van der Waals surface area contributed by atoms with Crippen LogP contribution in [0.25, 0.3) is 0 Å². The normalized spacial score (nSPS) is 27.3. The van der Waals surface area contributed by atoms with Crippen LogP contribution in [0.4, 0.5) is 0 Å². The van der Waals surface area contributed by atoms with Gasteiger partial charge in [-0.15, -0.1) is 0 Å². The van der Waals surface area contributed by atoms with Gasteiger partial charge in [-0.1, -0.05) is 18.2 Å². The van der Waals surface area contributed by atoms with Crippen molar-refractivity contribution < 1.29 is 4.74 Å². The van der Waals surface area contributed by atoms with Crippen molar-refractivity contribution in [1.29, 1.82) is 21.2 Å². The second kappa shape index (κ2) is 6.64. The molecule has 1 fully saturated rings. The standard InChI is InChI=1S/C20H19N5O/c1-25-8-7-15-16(9-21)19(24)20(11-22,12-23)18(17(15)10-25)13-3-5-14(26-2)6-4-13/h3-7,16-18,24H,8,10H2,1-2H3/t16?,17-,18-/m1/s1. The summed E-state index contributed by atoms with van der Waals surface area (Å²) in [6, 6.07) is 13.6. The minimum atomic E-state index is -1.66. The topological polar surface area (TPSA) is 108 Å². The van der Waals surface area contributed by atoms with Crippen LogP contribution in [0.3, 0.4) is 0 Å². The van der Waals surface area contributed by atoms with Crippen molar-refractivity contribution in [1.82, 2.24) is 4.90 Å². The van der Waals surface area contributed by atoms with Crippen LogP contribution >= 0.6 is 0 Å². The van der Waals surface area contributed by atoms with E-state index in [1.807, 2.05) is 25.3 Å². The lowest BCUT2D eigenvalue weighted by Crippen LogP contribution is -2.52. The summed E-state index contributed by atoms with van der Waals surface area (Å²) in [7, 11) is 3.55. The van der Waals surface area contributed by atoms with Crippen LogP contribution in [0.1, 0.15) is 11.5 Å². The van der Waals surface area contributed by atoms with Crippen molar-refractivity contribution in [3.63, 3.8) is 0 Å². The Morgan fingerprint density at radius 3 is 2.38 bits per heavy atom. The van der Waals surface area contributed by atoms with Crippen LogP contribution < -0.4 is 4.74 Å². The van der Waals surface area contributed by atoms with E-state index in [9.17, 15) is 15.8 Å². The third kappa shape index (κ3) is 2.46. The fourth-order valence-electron chi connectivity index (χ4n) is 4.14. The molecule has 6 heteroatoms. The number of nitrogens with zero attached hydrogens (tertiary/aromatic N) is 4. The molecule has 3 rings (SSSR count). The van der Waals surface area contributed by atoms with Gasteiger partial charge in [0.05, 0.1) is 31.0 Å². The maximum absolute atomic E-state index is 9.93. The molecule has 0 amide bonds. The largest absolute Gasteiger partial charge is 0.497 e. The van der Waals surface area contributed by atoms with Gasteiger partial charge >= 0.3 is 0 Å². The molecule has 6 nitrogen and oxygen atoms in total. The maximum Gasteiger partial charge on any atom is 0.189 e. The van der Waals surface area contributed by atoms with E-state index in [-0.39, 0.29) is 11.6 Å². The first kappa shape index (κ1) is 17.7. The van der Waals surface area contributed by atoms with E-state index in [0.717, 1.165) is 11.1 Å². The molecule has 130 valence electrons. The van der Waals surface area contributed by atoms with E-state index in [1.54, 1.807) is 19.2 Å². The predicted octanol–water partition coefficient (Wildman–Crippen LogP) is 2.47. The van der Waals surface area contributed by atoms with Gasteiger partial charge in [0.2, 0.25) is 0 Å². The third-order valence-electron chi connectivity index (χ3n) is 5.45. The summed E-state index contributed by atoms with van der Waals surface area (Å²) in [5, 5.41) is 38.0. The first-order valence-corrected chi connectivity index (χ1v) is 8.35. The smallest absolute Gasteiger partial charge is 0.189 e. The van der Waals surface area contributed by atoms with Gasteiger partial charge in [-0.2, -0.15) is 15.8 Å². The molecule has 2 aliphatic rings. The lowest BCUT2D eigenvalue weighted by atomic mass is 9.54. The average Bonchev–Trinajstić information content (AvgIpc) is 2.67. The molecule has 1 saturated carbocycles. The second-order valence-corrected chi connectivity index (χ2v) is 6.79. The van der Waals surface area contributed by atoms with Gasteiger partial charge in [-0.25, -0.2) is 0 Å². The highest BCUT2D eigenvalue weighted by Crippen LogP contribution is 2.53. The molecular formula is C20H19N5O. The molecule has 0 spiro atoms. The minimum absolute atomic E-state index is 0.113. The van der Waals surface area contributed by atoms with Crippen molar-refractivity contribution in [2.75, 3.05) is 27.2 Å². The molecule has 1 heterocycles. The summed E-state index contributed by atoms with van der Waals surface area (Å²) in [5.41, 5.74) is -0.105. The predicted molar refractivity (Wildman–Crippen MR) is 95.3 cm³/mol. The summed E-state index contributed by atoms with van der Waals surface area (Å²) in [5.74, 6) is -0.803. The Kier molecular flexibility index (Phi) is 4.51. The highest BCUT2D eigenvalue weighted by molar-refractivity contribution is 6.00. The number of ether oxygens (including phenoxy) is 1. The summed E-state index contributed by atoms with van der Waals surface area (Å²) in [6.45, 7) is 1.33. The molecule has 1 N–H and O–H groups in total. The molecule has 1 unspecified atom stereocenters. The maximum atomic E-state index is 9.93. The van der Waals surface area contributed by atoms with E-state index in [4.69, 9.17) is 10.1 Å². The number of nitriles is 3. The average molecular weight is 345 g/mol. The van der Waals surface area contributed by atoms with Crippen molar-refractivity contribution in [3.8, 4) is 24.0 Å². The van der Waals surface area contributed by atoms with Gasteiger partial charge in [-0.3, -0.25) is 0 Å². The Morgan fingerprint density at radius 1 is 1.19 bits per heavy atom. The Balaban J connectivity index is 2.22. The van der Waals surface area contributed by atoms with Crippen LogP contribution in [0, 0.1) is 56.7 Å². The van der Waals surface area contributed by atoms with E-state index < -0.39 is 17.3 Å². The number of hydrogen-bond donors (Lipinski definition) is 1. The highest BCUT2D eigenvalue weighted by atomic mass is 16.5. The lowest BCUT2D eigenvalue weighted by molar-refractivity contribution is 0.235. The minimum Gasteiger partial charge on any atom is -0.497 e. The quantitative estimate of drug-likeness (QED) is 0.828. The summed E-state index contributed by atoms with van der Waals surface area (Å²) in [6.07, 6.45) is 1.98. The second-order valence-electron chi connectivity index (χ2n) is 6.79. The molecule has 1 aromatic carbocycles. The monoisotopic (exact) mass is 345 g/mol. The van der Waals surface area contributed by atoms with Crippen molar-refractivity contribution in [3.05, 3.63) is 41.5 Å². The fourth-order valence-corrected chi connectivity index (χ4v) is 4.14. The molecule has 1 aromatic rings. The number of benzene rings is 1. The molecule has 3 atom stereocenters. The first-order chi connectivity index (χ1) is 12.5. The first-order valence-electron chi connectivity index (χ1n) is 8.35. The Morgan fingerprint density at radius 2 is 1.85 bits per heavy atom. The van der Waals surface area contributed by atoms with Crippen molar-refractivity contribution >= 4 is 5.71 Å². The van der Waals surface area contributed by atoms with Crippen molar-refractivity contribution in [2.24, 2.45) is 17.3 Å². The molecule has 0 aromatic heterocycles. The molecular weight excluding hydrogens is 326 g/mol. The Bertz CT molecular complexity index is 867. The number of nitrogens with one attached hydrogen (secondary N) is 1. The molecule has 1 aliphatic carbocycles. The molecule has 0 saturated heterocycles. The fraction of sp³-hybridized carbons (Fsp3) is 0.400. The van der Waals surface area contributed by atoms with Crippen LogP contribution in [0.15, 0.2) is 35.9 Å². The number of rotatable bonds is 2. The Hall–Kier alpha value is -3.14. The van der Waals surface area contributed by atoms with E-state index in [0.29, 0.717) is 18.8 Å². The zero-order valence-electron chi connectivity index (χ0n) is 14.7. The SMILES string of the molecule is COc1ccc([C@@H]2[C@@H]3CN(C)CC=C3C(C#N)C(=N)C2(C#N)C#N)cc1. The molecule has 0 radical (unpaired) electrons. The van der Waals surface area contributed by atoms with Crippen LogP contribution in [0.2, 0.25) is 0 Å². The van der Waals surface area contributed by atoms with Gasteiger partial charge in [0, 0.05) is 24.9 Å². The number of fused-ring (bicyclic) bond motifs is 1. The van der Waals surface area contributed by atoms with Gasteiger partial charge in [0.25, 0.3) is 0 Å². The highest BCUT2D eigenvalue weighted by Gasteiger charge is 2.57. The van der Waals surface area contributed by atoms with Crippen molar-refractivity contribution in [2.45, 2.75) is 5.92 Å². The van der Waals surface area contributed by atoms with Crippen LogP contribution in [-0.4, -0.2) is 37.9 Å². The number of methoxy groups -OCH3 is 1. The van der Waals surface area contributed by atoms with Gasteiger partial charge < -0.3 is 15.0 Å². The zero-order chi connectivity index (χ0) is 18.9. The zero-order valence-corrected chi connectivity index (χ0v) is 14.7.